The van der Waals surface area contributed by atoms with Gasteiger partial charge in [-0.3, -0.25) is 19.3 Å². The van der Waals surface area contributed by atoms with Crippen molar-refractivity contribution in [3.05, 3.63) is 52.8 Å². The molecule has 0 unspecified atom stereocenters. The number of hydrogen-bond acceptors (Lipinski definition) is 7. The van der Waals surface area contributed by atoms with Crippen LogP contribution < -0.4 is 0 Å². The number of imide groups is 1. The summed E-state index contributed by atoms with van der Waals surface area (Å²) in [7, 11) is -0.933. The number of esters is 1. The predicted molar refractivity (Wildman–Crippen MR) is 105 cm³/mol. The van der Waals surface area contributed by atoms with E-state index in [0.29, 0.717) is 11.1 Å². The Kier molecular flexibility index (Phi) is 6.09. The Balaban J connectivity index is 1.48. The number of hydrogen-bond donors (Lipinski definition) is 0. The van der Waals surface area contributed by atoms with Crippen molar-refractivity contribution < 1.29 is 32.0 Å². The van der Waals surface area contributed by atoms with Crippen molar-refractivity contribution in [1.82, 2.24) is 9.21 Å². The Hall–Kier alpha value is -2.98. The van der Waals surface area contributed by atoms with Crippen molar-refractivity contribution in [2.24, 2.45) is 0 Å². The molecule has 9 nitrogen and oxygen atoms in total. The molecule has 0 spiro atoms. The summed E-state index contributed by atoms with van der Waals surface area (Å²) in [5.41, 5.74) is 1.64. The molecule has 160 valence electrons. The van der Waals surface area contributed by atoms with Crippen molar-refractivity contribution in [3.8, 4) is 0 Å². The maximum Gasteiger partial charge on any atom is 0.306 e. The minimum absolute atomic E-state index is 0.00397. The normalized spacial score (nSPS) is 13.8. The molecule has 10 heteroatoms. The van der Waals surface area contributed by atoms with Crippen LogP contribution in [0.2, 0.25) is 0 Å². The summed E-state index contributed by atoms with van der Waals surface area (Å²) in [6.45, 7) is 1.73. The minimum atomic E-state index is -3.70. The number of aryl methyl sites for hydroxylation is 1. The van der Waals surface area contributed by atoms with Gasteiger partial charge in [-0.05, 0) is 37.6 Å². The number of sulfonamides is 1. The van der Waals surface area contributed by atoms with Gasteiger partial charge in [-0.1, -0.05) is 11.6 Å². The van der Waals surface area contributed by atoms with Crippen LogP contribution in [0.15, 0.2) is 39.8 Å². The van der Waals surface area contributed by atoms with Gasteiger partial charge < -0.3 is 9.15 Å². The molecule has 3 rings (SSSR count). The van der Waals surface area contributed by atoms with E-state index < -0.39 is 16.0 Å². The third-order valence-electron chi connectivity index (χ3n) is 4.64. The standard InChI is InChI=1S/C20H22N2O7S/c1-13-6-8-15-16(11-13)20(25)22(19(15)24)10-4-5-17(23)28-12-14-7-9-18(29-14)30(26,27)21(2)3/h6-9,11H,4-5,10,12H2,1-3H3. The molecule has 0 saturated heterocycles. The lowest BCUT2D eigenvalue weighted by molar-refractivity contribution is -0.145. The second kappa shape index (κ2) is 8.41. The van der Waals surface area contributed by atoms with E-state index in [2.05, 4.69) is 0 Å². The zero-order valence-corrected chi connectivity index (χ0v) is 17.7. The number of ether oxygens (including phenoxy) is 1. The van der Waals surface area contributed by atoms with Crippen molar-refractivity contribution >= 4 is 27.8 Å². The zero-order chi connectivity index (χ0) is 22.1. The second-order valence-electron chi connectivity index (χ2n) is 7.08. The molecule has 1 aromatic heterocycles. The highest BCUT2D eigenvalue weighted by Gasteiger charge is 2.35. The summed E-state index contributed by atoms with van der Waals surface area (Å²) >= 11 is 0. The molecule has 1 aliphatic heterocycles. The van der Waals surface area contributed by atoms with E-state index in [1.807, 2.05) is 6.92 Å². The summed E-state index contributed by atoms with van der Waals surface area (Å²) in [6.07, 6.45) is 0.248. The predicted octanol–water partition coefficient (Wildman–Crippen LogP) is 1.96. The van der Waals surface area contributed by atoms with Crippen LogP contribution in [0.3, 0.4) is 0 Å². The molecule has 0 radical (unpaired) electrons. The quantitative estimate of drug-likeness (QED) is 0.461. The zero-order valence-electron chi connectivity index (χ0n) is 16.9. The van der Waals surface area contributed by atoms with Gasteiger partial charge in [0, 0.05) is 27.1 Å². The average molecular weight is 434 g/mol. The van der Waals surface area contributed by atoms with Crippen LogP contribution >= 0.6 is 0 Å². The van der Waals surface area contributed by atoms with Crippen LogP contribution in [-0.4, -0.2) is 56.0 Å². The topological polar surface area (TPSA) is 114 Å². The lowest BCUT2D eigenvalue weighted by Crippen LogP contribution is -2.31. The van der Waals surface area contributed by atoms with Gasteiger partial charge in [-0.2, -0.15) is 0 Å². The average Bonchev–Trinajstić information content (AvgIpc) is 3.26. The number of fused-ring (bicyclic) bond motifs is 1. The van der Waals surface area contributed by atoms with Crippen LogP contribution in [0.1, 0.15) is 44.9 Å². The van der Waals surface area contributed by atoms with Crippen molar-refractivity contribution in [2.45, 2.75) is 31.5 Å². The lowest BCUT2D eigenvalue weighted by atomic mass is 10.1. The van der Waals surface area contributed by atoms with Gasteiger partial charge in [0.25, 0.3) is 21.8 Å². The van der Waals surface area contributed by atoms with Gasteiger partial charge in [0.05, 0.1) is 11.1 Å². The highest BCUT2D eigenvalue weighted by molar-refractivity contribution is 7.88. The molecule has 2 amide bonds. The fourth-order valence-corrected chi connectivity index (χ4v) is 3.78. The fourth-order valence-electron chi connectivity index (χ4n) is 2.97. The number of nitrogens with zero attached hydrogens (tertiary/aromatic N) is 2. The monoisotopic (exact) mass is 434 g/mol. The van der Waals surface area contributed by atoms with E-state index in [0.717, 1.165) is 14.8 Å². The molecule has 30 heavy (non-hydrogen) atoms. The highest BCUT2D eigenvalue weighted by atomic mass is 32.2. The molecule has 1 aromatic carbocycles. The second-order valence-corrected chi connectivity index (χ2v) is 9.17. The van der Waals surface area contributed by atoms with Crippen LogP contribution in [0, 0.1) is 6.92 Å². The fraction of sp³-hybridized carbons (Fsp3) is 0.350. The Morgan fingerprint density at radius 3 is 2.50 bits per heavy atom. The van der Waals surface area contributed by atoms with Crippen LogP contribution in [0.5, 0.6) is 0 Å². The maximum atomic E-state index is 12.4. The molecule has 0 N–H and O–H groups in total. The van der Waals surface area contributed by atoms with Crippen molar-refractivity contribution in [2.75, 3.05) is 20.6 Å². The third-order valence-corrected chi connectivity index (χ3v) is 6.33. The number of carbonyl (C=O) groups is 3. The third kappa shape index (κ3) is 4.29. The van der Waals surface area contributed by atoms with Gasteiger partial charge in [0.15, 0.2) is 0 Å². The number of rotatable bonds is 8. The Morgan fingerprint density at radius 1 is 1.10 bits per heavy atom. The minimum Gasteiger partial charge on any atom is -0.457 e. The van der Waals surface area contributed by atoms with Gasteiger partial charge in [0.1, 0.15) is 12.4 Å². The molecule has 0 saturated carbocycles. The molecule has 0 aliphatic carbocycles. The molecular formula is C20H22N2O7S. The van der Waals surface area contributed by atoms with Crippen molar-refractivity contribution in [1.29, 1.82) is 0 Å². The van der Waals surface area contributed by atoms with Gasteiger partial charge >= 0.3 is 5.97 Å². The Labute approximate surface area is 174 Å². The first-order chi connectivity index (χ1) is 14.1. The van der Waals surface area contributed by atoms with Gasteiger partial charge in [0.2, 0.25) is 5.09 Å². The molecule has 2 heterocycles. The molecule has 0 atom stereocenters. The highest BCUT2D eigenvalue weighted by Crippen LogP contribution is 2.24. The van der Waals surface area contributed by atoms with Crippen LogP contribution in [0.25, 0.3) is 0 Å². The molecule has 0 bridgehead atoms. The largest absolute Gasteiger partial charge is 0.457 e. The van der Waals surface area contributed by atoms with E-state index in [4.69, 9.17) is 9.15 Å². The summed E-state index contributed by atoms with van der Waals surface area (Å²) in [4.78, 5) is 37.8. The van der Waals surface area contributed by atoms with E-state index in [-0.39, 0.29) is 48.7 Å². The van der Waals surface area contributed by atoms with Gasteiger partial charge in [-0.25, -0.2) is 12.7 Å². The smallest absolute Gasteiger partial charge is 0.306 e. The molecule has 1 aliphatic rings. The number of amides is 2. The molecule has 2 aromatic rings. The number of furan rings is 1. The first kappa shape index (κ1) is 21.7. The number of carbonyl (C=O) groups excluding carboxylic acids is 3. The van der Waals surface area contributed by atoms with Crippen molar-refractivity contribution in [3.63, 3.8) is 0 Å². The van der Waals surface area contributed by atoms with E-state index in [9.17, 15) is 22.8 Å². The summed E-state index contributed by atoms with van der Waals surface area (Å²) < 4.78 is 35.2. The van der Waals surface area contributed by atoms with Crippen LogP contribution in [0.4, 0.5) is 0 Å². The SMILES string of the molecule is Cc1ccc2c(c1)C(=O)N(CCCC(=O)OCc1ccc(S(=O)(=O)N(C)C)o1)C2=O. The Bertz CT molecular complexity index is 1100. The maximum absolute atomic E-state index is 12.4. The number of benzene rings is 1. The summed E-state index contributed by atoms with van der Waals surface area (Å²) in [5, 5.41) is -0.237. The first-order valence-electron chi connectivity index (χ1n) is 9.25. The van der Waals surface area contributed by atoms with E-state index >= 15 is 0 Å². The molecule has 0 fully saturated rings. The van der Waals surface area contributed by atoms with E-state index in [1.165, 1.54) is 26.2 Å². The van der Waals surface area contributed by atoms with Crippen LogP contribution in [-0.2, 0) is 26.2 Å². The Morgan fingerprint density at radius 2 is 1.80 bits per heavy atom. The van der Waals surface area contributed by atoms with E-state index in [1.54, 1.807) is 18.2 Å². The van der Waals surface area contributed by atoms with Gasteiger partial charge in [-0.15, -0.1) is 0 Å². The lowest BCUT2D eigenvalue weighted by Gasteiger charge is -2.13. The molecular weight excluding hydrogens is 412 g/mol. The summed E-state index contributed by atoms with van der Waals surface area (Å²) in [6, 6.07) is 7.80. The summed E-state index contributed by atoms with van der Waals surface area (Å²) in [5.74, 6) is -1.08. The first-order valence-corrected chi connectivity index (χ1v) is 10.7.